The smallest absolute Gasteiger partial charge is 0.363 e. The number of fused-ring (bicyclic) bond motifs is 1. The number of nitrogens with zero attached hydrogens (tertiary/aromatic N) is 5. The average molecular weight is 647 g/mol. The predicted octanol–water partition coefficient (Wildman–Crippen LogP) is 5.10. The predicted molar refractivity (Wildman–Crippen MR) is 173 cm³/mol. The average Bonchev–Trinajstić information content (AvgIpc) is 3.06. The number of benzene rings is 3. The van der Waals surface area contributed by atoms with E-state index in [1.54, 1.807) is 30.5 Å². The first-order chi connectivity index (χ1) is 22.5. The SMILES string of the molecule is Cc1c(N2CCN(Cc3ccc4ncccc4c3)CC2)c(=O)n(C[C@@H](N)c2ccccc2)c(=O)n1Cc1c(F)cccc1C(F)(F)F. The van der Waals surface area contributed by atoms with Crippen molar-refractivity contribution in [3.63, 3.8) is 0 Å². The lowest BCUT2D eigenvalue weighted by Gasteiger charge is -2.37. The fourth-order valence-electron chi connectivity index (χ4n) is 6.25. The zero-order valence-corrected chi connectivity index (χ0v) is 25.8. The Morgan fingerprint density at radius 3 is 2.34 bits per heavy atom. The summed E-state index contributed by atoms with van der Waals surface area (Å²) in [5.41, 5.74) is 6.18. The first-order valence-electron chi connectivity index (χ1n) is 15.3. The van der Waals surface area contributed by atoms with Gasteiger partial charge in [-0.05, 0) is 48.4 Å². The summed E-state index contributed by atoms with van der Waals surface area (Å²) < 4.78 is 58.8. The van der Waals surface area contributed by atoms with E-state index < -0.39 is 47.0 Å². The van der Waals surface area contributed by atoms with E-state index in [2.05, 4.69) is 16.0 Å². The minimum Gasteiger partial charge on any atom is -0.363 e. The number of pyridine rings is 1. The number of rotatable bonds is 8. The highest BCUT2D eigenvalue weighted by Gasteiger charge is 2.35. The molecular weight excluding hydrogens is 612 g/mol. The first-order valence-corrected chi connectivity index (χ1v) is 15.3. The van der Waals surface area contributed by atoms with Crippen molar-refractivity contribution in [2.24, 2.45) is 5.73 Å². The molecule has 244 valence electrons. The zero-order valence-electron chi connectivity index (χ0n) is 25.8. The molecule has 12 heteroatoms. The second kappa shape index (κ2) is 13.1. The van der Waals surface area contributed by atoms with Gasteiger partial charge in [0.05, 0.1) is 24.2 Å². The van der Waals surface area contributed by atoms with E-state index in [0.29, 0.717) is 38.3 Å². The highest BCUT2D eigenvalue weighted by Crippen LogP contribution is 2.33. The van der Waals surface area contributed by atoms with Crippen molar-refractivity contribution in [2.75, 3.05) is 31.1 Å². The van der Waals surface area contributed by atoms with E-state index in [0.717, 1.165) is 43.8 Å². The molecule has 3 heterocycles. The fraction of sp³-hybridized carbons (Fsp3) is 0.286. The first kappa shape index (κ1) is 32.1. The number of hydrogen-bond acceptors (Lipinski definition) is 6. The van der Waals surface area contributed by atoms with Crippen LogP contribution in [0.2, 0.25) is 0 Å². The van der Waals surface area contributed by atoms with Gasteiger partial charge in [0.15, 0.2) is 0 Å². The van der Waals surface area contributed by atoms with Crippen molar-refractivity contribution >= 4 is 16.6 Å². The summed E-state index contributed by atoms with van der Waals surface area (Å²) in [6.45, 7) is 3.33. The molecule has 47 heavy (non-hydrogen) atoms. The van der Waals surface area contributed by atoms with Gasteiger partial charge >= 0.3 is 11.9 Å². The van der Waals surface area contributed by atoms with Crippen LogP contribution in [0.25, 0.3) is 10.9 Å². The number of piperazine rings is 1. The molecule has 1 aliphatic rings. The fourth-order valence-corrected chi connectivity index (χ4v) is 6.25. The number of hydrogen-bond donors (Lipinski definition) is 1. The summed E-state index contributed by atoms with van der Waals surface area (Å²) in [6.07, 6.45) is -3.10. The maximum absolute atomic E-state index is 15.0. The molecule has 8 nitrogen and oxygen atoms in total. The van der Waals surface area contributed by atoms with Gasteiger partial charge in [-0.2, -0.15) is 13.2 Å². The van der Waals surface area contributed by atoms with E-state index in [4.69, 9.17) is 5.73 Å². The molecule has 6 rings (SSSR count). The van der Waals surface area contributed by atoms with Crippen molar-refractivity contribution < 1.29 is 17.6 Å². The van der Waals surface area contributed by atoms with Crippen LogP contribution >= 0.6 is 0 Å². The topological polar surface area (TPSA) is 89.4 Å². The van der Waals surface area contributed by atoms with E-state index in [-0.39, 0.29) is 17.9 Å². The van der Waals surface area contributed by atoms with Crippen LogP contribution in [0.1, 0.15) is 34.0 Å². The molecule has 2 aromatic heterocycles. The number of nitrogens with two attached hydrogens (primary N) is 1. The summed E-state index contributed by atoms with van der Waals surface area (Å²) in [7, 11) is 0. The largest absolute Gasteiger partial charge is 0.416 e. The summed E-state index contributed by atoms with van der Waals surface area (Å²) in [5, 5.41) is 1.04. The lowest BCUT2D eigenvalue weighted by atomic mass is 10.1. The van der Waals surface area contributed by atoms with Gasteiger partial charge in [0.2, 0.25) is 0 Å². The number of anilines is 1. The second-order valence-corrected chi connectivity index (χ2v) is 11.8. The van der Waals surface area contributed by atoms with Gasteiger partial charge in [0, 0.05) is 61.6 Å². The third kappa shape index (κ3) is 6.70. The van der Waals surface area contributed by atoms with Crippen LogP contribution in [0.5, 0.6) is 0 Å². The third-order valence-electron chi connectivity index (χ3n) is 8.77. The molecule has 1 aliphatic heterocycles. The Morgan fingerprint density at radius 1 is 0.872 bits per heavy atom. The van der Waals surface area contributed by atoms with Gasteiger partial charge < -0.3 is 10.6 Å². The van der Waals surface area contributed by atoms with Gasteiger partial charge in [0.1, 0.15) is 11.5 Å². The van der Waals surface area contributed by atoms with E-state index >= 15 is 0 Å². The van der Waals surface area contributed by atoms with Gasteiger partial charge in [-0.25, -0.2) is 9.18 Å². The van der Waals surface area contributed by atoms with Gasteiger partial charge in [0.25, 0.3) is 5.56 Å². The van der Waals surface area contributed by atoms with Crippen molar-refractivity contribution in [1.82, 2.24) is 19.0 Å². The van der Waals surface area contributed by atoms with E-state index in [1.165, 1.54) is 6.92 Å². The normalized spacial score (nSPS) is 14.9. The van der Waals surface area contributed by atoms with Crippen molar-refractivity contribution in [3.05, 3.63) is 140 Å². The lowest BCUT2D eigenvalue weighted by Crippen LogP contribution is -2.51. The van der Waals surface area contributed by atoms with Crippen molar-refractivity contribution in [2.45, 2.75) is 38.8 Å². The highest BCUT2D eigenvalue weighted by atomic mass is 19.4. The molecule has 1 atom stereocenters. The number of alkyl halides is 3. The minimum absolute atomic E-state index is 0.163. The summed E-state index contributed by atoms with van der Waals surface area (Å²) in [5.74, 6) is -1.09. The van der Waals surface area contributed by atoms with Gasteiger partial charge in [-0.1, -0.05) is 48.5 Å². The van der Waals surface area contributed by atoms with Crippen LogP contribution in [0, 0.1) is 12.7 Å². The molecule has 0 amide bonds. The Balaban J connectivity index is 1.34. The molecular formula is C35H34F4N6O2. The van der Waals surface area contributed by atoms with E-state index in [9.17, 15) is 27.2 Å². The summed E-state index contributed by atoms with van der Waals surface area (Å²) >= 11 is 0. The lowest BCUT2D eigenvalue weighted by molar-refractivity contribution is -0.138. The molecule has 0 bridgehead atoms. The summed E-state index contributed by atoms with van der Waals surface area (Å²) in [4.78, 5) is 36.4. The second-order valence-electron chi connectivity index (χ2n) is 11.8. The van der Waals surface area contributed by atoms with Gasteiger partial charge in [-0.3, -0.25) is 23.8 Å². The molecule has 3 aromatic carbocycles. The molecule has 0 radical (unpaired) electrons. The van der Waals surface area contributed by atoms with Crippen LogP contribution in [0.15, 0.2) is 94.6 Å². The number of aromatic nitrogens is 3. The number of halogens is 4. The van der Waals surface area contributed by atoms with Crippen LogP contribution < -0.4 is 21.9 Å². The van der Waals surface area contributed by atoms with Crippen molar-refractivity contribution in [1.29, 1.82) is 0 Å². The molecule has 1 saturated heterocycles. The molecule has 2 N–H and O–H groups in total. The summed E-state index contributed by atoms with van der Waals surface area (Å²) in [6, 6.07) is 20.9. The monoisotopic (exact) mass is 646 g/mol. The minimum atomic E-state index is -4.85. The van der Waals surface area contributed by atoms with E-state index in [1.807, 2.05) is 35.2 Å². The molecule has 0 aliphatic carbocycles. The molecule has 0 spiro atoms. The van der Waals surface area contributed by atoms with Crippen molar-refractivity contribution in [3.8, 4) is 0 Å². The Morgan fingerprint density at radius 2 is 1.62 bits per heavy atom. The van der Waals surface area contributed by atoms with Crippen LogP contribution in [-0.4, -0.2) is 45.2 Å². The maximum Gasteiger partial charge on any atom is 0.416 e. The quantitative estimate of drug-likeness (QED) is 0.236. The molecule has 0 saturated carbocycles. The zero-order chi connectivity index (χ0) is 33.3. The Bertz CT molecular complexity index is 2020. The Kier molecular flexibility index (Phi) is 8.98. The van der Waals surface area contributed by atoms with Crippen LogP contribution in [0.4, 0.5) is 23.2 Å². The highest BCUT2D eigenvalue weighted by molar-refractivity contribution is 5.78. The van der Waals surface area contributed by atoms with Crippen LogP contribution in [0.3, 0.4) is 0 Å². The molecule has 5 aromatic rings. The Hall–Kier alpha value is -4.81. The van der Waals surface area contributed by atoms with Crippen LogP contribution in [-0.2, 0) is 25.8 Å². The van der Waals surface area contributed by atoms with Gasteiger partial charge in [-0.15, -0.1) is 0 Å². The molecule has 0 unspecified atom stereocenters. The molecule has 1 fully saturated rings. The third-order valence-corrected chi connectivity index (χ3v) is 8.77. The maximum atomic E-state index is 15.0. The Labute approximate surface area is 268 Å². The standard InChI is InChI=1S/C35H34F4N6O2/c1-23-32(43-17-15-42(16-18-43)20-24-12-13-31-26(19-24)9-6-14-41-31)33(46)45(22-30(40)25-7-3-2-4-8-25)34(47)44(23)21-27-28(35(37,38)39)10-5-11-29(27)36/h2-14,19,30H,15-18,20-22,40H2,1H3/t30-/m1/s1.